The molecule has 23 heavy (non-hydrogen) atoms. The third kappa shape index (κ3) is 4.51. The van der Waals surface area contributed by atoms with Gasteiger partial charge in [-0.25, -0.2) is 9.97 Å². The van der Waals surface area contributed by atoms with Crippen LogP contribution < -0.4 is 10.2 Å². The molecule has 128 valence electrons. The number of hydrogen-bond acceptors (Lipinski definition) is 6. The SMILES string of the molecule is CC(C)(C)N1CCC(Nc2cc(N3CCSCC3)ncn2)CC1. The molecule has 0 aliphatic carbocycles. The molecule has 6 heteroatoms. The number of piperidine rings is 1. The van der Waals surface area contributed by atoms with Crippen LogP contribution in [0.5, 0.6) is 0 Å². The first-order valence-corrected chi connectivity index (χ1v) is 9.84. The molecular weight excluding hydrogens is 306 g/mol. The van der Waals surface area contributed by atoms with Crippen LogP contribution in [-0.4, -0.2) is 64.1 Å². The van der Waals surface area contributed by atoms with Crippen LogP contribution in [0.1, 0.15) is 33.6 Å². The highest BCUT2D eigenvalue weighted by molar-refractivity contribution is 7.99. The van der Waals surface area contributed by atoms with Crippen LogP contribution in [0.25, 0.3) is 0 Å². The summed E-state index contributed by atoms with van der Waals surface area (Å²) >= 11 is 2.02. The van der Waals surface area contributed by atoms with Crippen molar-refractivity contribution in [1.82, 2.24) is 14.9 Å². The molecule has 2 aliphatic heterocycles. The first-order valence-electron chi connectivity index (χ1n) is 8.69. The molecule has 2 saturated heterocycles. The van der Waals surface area contributed by atoms with Crippen LogP contribution in [0.15, 0.2) is 12.4 Å². The second kappa shape index (κ2) is 7.26. The molecule has 3 heterocycles. The number of aromatic nitrogens is 2. The predicted octanol–water partition coefficient (Wildman–Crippen LogP) is 2.70. The van der Waals surface area contributed by atoms with Gasteiger partial charge in [0.05, 0.1) is 0 Å². The number of likely N-dealkylation sites (tertiary alicyclic amines) is 1. The van der Waals surface area contributed by atoms with Gasteiger partial charge in [-0.1, -0.05) is 0 Å². The molecule has 0 saturated carbocycles. The van der Waals surface area contributed by atoms with E-state index in [1.807, 2.05) is 11.8 Å². The lowest BCUT2D eigenvalue weighted by Gasteiger charge is -2.41. The fraction of sp³-hybridized carbons (Fsp3) is 0.765. The van der Waals surface area contributed by atoms with Gasteiger partial charge in [0.25, 0.3) is 0 Å². The minimum absolute atomic E-state index is 0.277. The maximum atomic E-state index is 4.46. The maximum Gasteiger partial charge on any atom is 0.134 e. The maximum absolute atomic E-state index is 4.46. The van der Waals surface area contributed by atoms with Crippen molar-refractivity contribution < 1.29 is 0 Å². The van der Waals surface area contributed by atoms with Gasteiger partial charge in [-0.2, -0.15) is 11.8 Å². The first-order chi connectivity index (χ1) is 11.0. The summed E-state index contributed by atoms with van der Waals surface area (Å²) in [6.45, 7) is 11.4. The molecule has 5 nitrogen and oxygen atoms in total. The Hall–Kier alpha value is -1.01. The highest BCUT2D eigenvalue weighted by atomic mass is 32.2. The summed E-state index contributed by atoms with van der Waals surface area (Å²) in [5, 5.41) is 3.62. The van der Waals surface area contributed by atoms with Crippen molar-refractivity contribution in [2.75, 3.05) is 47.9 Å². The van der Waals surface area contributed by atoms with Crippen molar-refractivity contribution in [2.45, 2.75) is 45.2 Å². The predicted molar refractivity (Wildman–Crippen MR) is 99.5 cm³/mol. The zero-order chi connectivity index (χ0) is 16.3. The van der Waals surface area contributed by atoms with Crippen molar-refractivity contribution in [3.8, 4) is 0 Å². The van der Waals surface area contributed by atoms with Gasteiger partial charge in [-0.3, -0.25) is 4.90 Å². The topological polar surface area (TPSA) is 44.3 Å². The lowest BCUT2D eigenvalue weighted by atomic mass is 9.98. The number of anilines is 2. The summed E-state index contributed by atoms with van der Waals surface area (Å²) in [5.41, 5.74) is 0.277. The summed E-state index contributed by atoms with van der Waals surface area (Å²) in [7, 11) is 0. The second-order valence-electron chi connectivity index (χ2n) is 7.44. The molecule has 0 spiro atoms. The van der Waals surface area contributed by atoms with E-state index in [9.17, 15) is 0 Å². The van der Waals surface area contributed by atoms with Crippen LogP contribution in [-0.2, 0) is 0 Å². The van der Waals surface area contributed by atoms with E-state index in [2.05, 4.69) is 51.9 Å². The largest absolute Gasteiger partial charge is 0.367 e. The highest BCUT2D eigenvalue weighted by Gasteiger charge is 2.27. The summed E-state index contributed by atoms with van der Waals surface area (Å²) < 4.78 is 0. The quantitative estimate of drug-likeness (QED) is 0.916. The molecule has 1 N–H and O–H groups in total. The standard InChI is InChI=1S/C17H29N5S/c1-17(2,3)22-6-4-14(5-7-22)20-15-12-16(19-13-18-15)21-8-10-23-11-9-21/h12-14H,4-11H2,1-3H3,(H,18,19,20). The smallest absolute Gasteiger partial charge is 0.134 e. The molecule has 1 aromatic heterocycles. The van der Waals surface area contributed by atoms with Gasteiger partial charge in [-0.15, -0.1) is 0 Å². The molecule has 0 bridgehead atoms. The van der Waals surface area contributed by atoms with Crippen molar-refractivity contribution in [2.24, 2.45) is 0 Å². The van der Waals surface area contributed by atoms with E-state index in [0.29, 0.717) is 6.04 Å². The second-order valence-corrected chi connectivity index (χ2v) is 8.66. The molecule has 0 amide bonds. The van der Waals surface area contributed by atoms with Crippen LogP contribution in [0.3, 0.4) is 0 Å². The third-order valence-corrected chi connectivity index (χ3v) is 5.73. The van der Waals surface area contributed by atoms with Crippen molar-refractivity contribution in [3.05, 3.63) is 12.4 Å². The molecule has 0 radical (unpaired) electrons. The summed E-state index contributed by atoms with van der Waals surface area (Å²) in [5.74, 6) is 4.42. The van der Waals surface area contributed by atoms with Crippen LogP contribution in [0, 0.1) is 0 Å². The average molecular weight is 336 g/mol. The normalized spacial score (nSPS) is 21.4. The Kier molecular flexibility index (Phi) is 5.31. The Balaban J connectivity index is 1.56. The highest BCUT2D eigenvalue weighted by Crippen LogP contribution is 2.23. The van der Waals surface area contributed by atoms with Gasteiger partial charge < -0.3 is 10.2 Å². The Labute approximate surface area is 144 Å². The monoisotopic (exact) mass is 335 g/mol. The number of thioether (sulfide) groups is 1. The Morgan fingerprint density at radius 2 is 1.78 bits per heavy atom. The Morgan fingerprint density at radius 3 is 2.43 bits per heavy atom. The minimum atomic E-state index is 0.277. The van der Waals surface area contributed by atoms with Gasteiger partial charge in [0, 0.05) is 55.3 Å². The zero-order valence-electron chi connectivity index (χ0n) is 14.6. The molecule has 0 atom stereocenters. The molecular formula is C17H29N5S. The van der Waals surface area contributed by atoms with E-state index in [1.54, 1.807) is 6.33 Å². The van der Waals surface area contributed by atoms with Gasteiger partial charge in [-0.05, 0) is 33.6 Å². The molecule has 2 aliphatic rings. The summed E-state index contributed by atoms with van der Waals surface area (Å²) in [6, 6.07) is 2.64. The van der Waals surface area contributed by atoms with Gasteiger partial charge >= 0.3 is 0 Å². The molecule has 2 fully saturated rings. The van der Waals surface area contributed by atoms with Crippen LogP contribution in [0.2, 0.25) is 0 Å². The van der Waals surface area contributed by atoms with Crippen molar-refractivity contribution >= 4 is 23.4 Å². The lowest BCUT2D eigenvalue weighted by molar-refractivity contribution is 0.106. The molecule has 3 rings (SSSR count). The molecule has 1 aromatic rings. The van der Waals surface area contributed by atoms with Gasteiger partial charge in [0.15, 0.2) is 0 Å². The lowest BCUT2D eigenvalue weighted by Crippen LogP contribution is -2.48. The van der Waals surface area contributed by atoms with Crippen molar-refractivity contribution in [1.29, 1.82) is 0 Å². The average Bonchev–Trinajstić information content (AvgIpc) is 2.56. The van der Waals surface area contributed by atoms with E-state index < -0.39 is 0 Å². The number of rotatable bonds is 3. The molecule has 0 aromatic carbocycles. The van der Waals surface area contributed by atoms with E-state index in [0.717, 1.165) is 37.8 Å². The van der Waals surface area contributed by atoms with E-state index >= 15 is 0 Å². The number of nitrogens with one attached hydrogen (secondary N) is 1. The fourth-order valence-corrected chi connectivity index (χ4v) is 4.20. The zero-order valence-corrected chi connectivity index (χ0v) is 15.4. The minimum Gasteiger partial charge on any atom is -0.367 e. The Morgan fingerprint density at radius 1 is 1.09 bits per heavy atom. The number of hydrogen-bond donors (Lipinski definition) is 1. The molecule has 0 unspecified atom stereocenters. The number of nitrogens with zero attached hydrogens (tertiary/aromatic N) is 4. The van der Waals surface area contributed by atoms with Gasteiger partial charge in [0.2, 0.25) is 0 Å². The van der Waals surface area contributed by atoms with Crippen LogP contribution >= 0.6 is 11.8 Å². The summed E-state index contributed by atoms with van der Waals surface area (Å²) in [6.07, 6.45) is 4.05. The summed E-state index contributed by atoms with van der Waals surface area (Å²) in [4.78, 5) is 13.8. The van der Waals surface area contributed by atoms with Crippen molar-refractivity contribution in [3.63, 3.8) is 0 Å². The first kappa shape index (κ1) is 16.8. The van der Waals surface area contributed by atoms with Gasteiger partial charge in [0.1, 0.15) is 18.0 Å². The van der Waals surface area contributed by atoms with Crippen LogP contribution in [0.4, 0.5) is 11.6 Å². The fourth-order valence-electron chi connectivity index (χ4n) is 3.30. The Bertz CT molecular complexity index is 502. The van der Waals surface area contributed by atoms with E-state index in [-0.39, 0.29) is 5.54 Å². The van der Waals surface area contributed by atoms with E-state index in [1.165, 1.54) is 24.3 Å². The third-order valence-electron chi connectivity index (χ3n) is 4.78. The van der Waals surface area contributed by atoms with E-state index in [4.69, 9.17) is 0 Å².